The van der Waals surface area contributed by atoms with Crippen molar-refractivity contribution in [1.29, 1.82) is 0 Å². The van der Waals surface area contributed by atoms with Crippen molar-refractivity contribution in [3.8, 4) is 11.5 Å². The number of methoxy groups -OCH3 is 2. The lowest BCUT2D eigenvalue weighted by Crippen LogP contribution is -2.32. The highest BCUT2D eigenvalue weighted by atomic mass is 35.5. The van der Waals surface area contributed by atoms with Crippen molar-refractivity contribution in [2.24, 2.45) is 0 Å². The fourth-order valence-corrected chi connectivity index (χ4v) is 3.83. The largest absolute Gasteiger partial charge is 0.493 e. The predicted molar refractivity (Wildman–Crippen MR) is 130 cm³/mol. The molecule has 33 heavy (non-hydrogen) atoms. The van der Waals surface area contributed by atoms with Crippen LogP contribution in [-0.4, -0.2) is 26.0 Å². The van der Waals surface area contributed by atoms with E-state index in [1.54, 1.807) is 24.3 Å². The molecular weight excluding hydrogens is 440 g/mol. The molecule has 0 bridgehead atoms. The number of nitrogens with one attached hydrogen (secondary N) is 1. The molecule has 2 amide bonds. The van der Waals surface area contributed by atoms with E-state index in [2.05, 4.69) is 5.32 Å². The van der Waals surface area contributed by atoms with Crippen molar-refractivity contribution in [2.75, 3.05) is 24.4 Å². The standard InChI is InChI=1S/C26H23ClN2O4/c1-15-5-8-17(9-6-15)23-24(28-18-10-7-16(2)20(27)13-18)26(31)29(25(23)30)19-11-12-21(32-3)22(14-19)33-4/h5-14,28H,1-4H3. The summed E-state index contributed by atoms with van der Waals surface area (Å²) < 4.78 is 10.6. The number of rotatable bonds is 6. The molecule has 0 saturated carbocycles. The highest BCUT2D eigenvalue weighted by molar-refractivity contribution is 6.46. The third-order valence-electron chi connectivity index (χ3n) is 5.49. The predicted octanol–water partition coefficient (Wildman–Crippen LogP) is 5.37. The van der Waals surface area contributed by atoms with Crippen molar-refractivity contribution in [1.82, 2.24) is 0 Å². The molecule has 4 rings (SSSR count). The number of amides is 2. The van der Waals surface area contributed by atoms with Gasteiger partial charge in [-0.05, 0) is 49.2 Å². The van der Waals surface area contributed by atoms with Gasteiger partial charge in [-0.3, -0.25) is 9.59 Å². The molecular formula is C26H23ClN2O4. The van der Waals surface area contributed by atoms with E-state index in [-0.39, 0.29) is 11.3 Å². The minimum Gasteiger partial charge on any atom is -0.493 e. The summed E-state index contributed by atoms with van der Waals surface area (Å²) in [6, 6.07) is 17.8. The third kappa shape index (κ3) is 4.17. The molecule has 1 N–H and O–H groups in total. The number of hydrogen-bond donors (Lipinski definition) is 1. The van der Waals surface area contributed by atoms with Crippen molar-refractivity contribution in [3.05, 3.63) is 88.1 Å². The van der Waals surface area contributed by atoms with Crippen LogP contribution in [0.5, 0.6) is 11.5 Å². The van der Waals surface area contributed by atoms with Crippen molar-refractivity contribution in [2.45, 2.75) is 13.8 Å². The Labute approximate surface area is 197 Å². The van der Waals surface area contributed by atoms with Gasteiger partial charge in [0.2, 0.25) is 0 Å². The molecule has 0 atom stereocenters. The second-order valence-electron chi connectivity index (χ2n) is 7.69. The Hall–Kier alpha value is -3.77. The average Bonchev–Trinajstić information content (AvgIpc) is 3.05. The van der Waals surface area contributed by atoms with Gasteiger partial charge in [-0.1, -0.05) is 47.5 Å². The highest BCUT2D eigenvalue weighted by Crippen LogP contribution is 2.38. The van der Waals surface area contributed by atoms with Crippen molar-refractivity contribution in [3.63, 3.8) is 0 Å². The molecule has 0 aromatic heterocycles. The van der Waals surface area contributed by atoms with E-state index in [1.165, 1.54) is 14.2 Å². The van der Waals surface area contributed by atoms with E-state index in [0.717, 1.165) is 16.0 Å². The monoisotopic (exact) mass is 462 g/mol. The number of hydrogen-bond acceptors (Lipinski definition) is 5. The topological polar surface area (TPSA) is 67.9 Å². The van der Waals surface area contributed by atoms with E-state index in [0.29, 0.717) is 33.5 Å². The summed E-state index contributed by atoms with van der Waals surface area (Å²) in [5.41, 5.74) is 4.06. The maximum atomic E-state index is 13.6. The van der Waals surface area contributed by atoms with E-state index < -0.39 is 11.8 Å². The average molecular weight is 463 g/mol. The first-order valence-electron chi connectivity index (χ1n) is 10.3. The van der Waals surface area contributed by atoms with E-state index in [1.807, 2.05) is 50.2 Å². The molecule has 3 aromatic rings. The molecule has 3 aromatic carbocycles. The van der Waals surface area contributed by atoms with Crippen LogP contribution in [0.3, 0.4) is 0 Å². The molecule has 1 heterocycles. The second-order valence-corrected chi connectivity index (χ2v) is 8.10. The number of nitrogens with zero attached hydrogens (tertiary/aromatic N) is 1. The molecule has 0 spiro atoms. The Kier molecular flexibility index (Phi) is 6.11. The lowest BCUT2D eigenvalue weighted by Gasteiger charge is -2.17. The first-order chi connectivity index (χ1) is 15.8. The van der Waals surface area contributed by atoms with Gasteiger partial charge in [-0.25, -0.2) is 4.90 Å². The molecule has 0 aliphatic carbocycles. The normalized spacial score (nSPS) is 13.5. The molecule has 0 saturated heterocycles. The number of imide groups is 1. The zero-order chi connectivity index (χ0) is 23.7. The molecule has 7 heteroatoms. The number of halogens is 1. The second kappa shape index (κ2) is 9.00. The van der Waals surface area contributed by atoms with Crippen LogP contribution in [0.2, 0.25) is 5.02 Å². The zero-order valence-corrected chi connectivity index (χ0v) is 19.5. The van der Waals surface area contributed by atoms with E-state index >= 15 is 0 Å². The van der Waals surface area contributed by atoms with Crippen LogP contribution in [0, 0.1) is 13.8 Å². The molecule has 0 unspecified atom stereocenters. The first-order valence-corrected chi connectivity index (χ1v) is 10.7. The maximum absolute atomic E-state index is 13.6. The first kappa shape index (κ1) is 22.4. The number of benzene rings is 3. The Morgan fingerprint density at radius 1 is 0.818 bits per heavy atom. The van der Waals surface area contributed by atoms with Gasteiger partial charge in [-0.15, -0.1) is 0 Å². The van der Waals surface area contributed by atoms with E-state index in [4.69, 9.17) is 21.1 Å². The molecule has 0 fully saturated rings. The summed E-state index contributed by atoms with van der Waals surface area (Å²) in [7, 11) is 3.02. The van der Waals surface area contributed by atoms with Crippen LogP contribution in [-0.2, 0) is 9.59 Å². The van der Waals surface area contributed by atoms with Gasteiger partial charge in [0.15, 0.2) is 11.5 Å². The summed E-state index contributed by atoms with van der Waals surface area (Å²) in [6.07, 6.45) is 0. The number of aryl methyl sites for hydroxylation is 2. The summed E-state index contributed by atoms with van der Waals surface area (Å²) in [5, 5.41) is 3.69. The Balaban J connectivity index is 1.82. The van der Waals surface area contributed by atoms with Gasteiger partial charge in [0, 0.05) is 16.8 Å². The van der Waals surface area contributed by atoms with Gasteiger partial charge in [0.05, 0.1) is 25.5 Å². The number of anilines is 2. The lowest BCUT2D eigenvalue weighted by atomic mass is 10.0. The van der Waals surface area contributed by atoms with Crippen LogP contribution < -0.4 is 19.7 Å². The molecule has 6 nitrogen and oxygen atoms in total. The minimum absolute atomic E-state index is 0.179. The van der Waals surface area contributed by atoms with Gasteiger partial charge in [0.1, 0.15) is 5.70 Å². The summed E-state index contributed by atoms with van der Waals surface area (Å²) in [4.78, 5) is 28.3. The van der Waals surface area contributed by atoms with Gasteiger partial charge in [0.25, 0.3) is 11.8 Å². The summed E-state index contributed by atoms with van der Waals surface area (Å²) >= 11 is 6.28. The Morgan fingerprint density at radius 2 is 1.52 bits per heavy atom. The SMILES string of the molecule is COc1ccc(N2C(=O)C(Nc3ccc(C)c(Cl)c3)=C(c3ccc(C)cc3)C2=O)cc1OC. The fraction of sp³-hybridized carbons (Fsp3) is 0.154. The summed E-state index contributed by atoms with van der Waals surface area (Å²) in [6.45, 7) is 3.86. The van der Waals surface area contributed by atoms with E-state index in [9.17, 15) is 9.59 Å². The third-order valence-corrected chi connectivity index (χ3v) is 5.90. The molecule has 168 valence electrons. The summed E-state index contributed by atoms with van der Waals surface area (Å²) in [5.74, 6) is 0.00944. The Morgan fingerprint density at radius 3 is 2.15 bits per heavy atom. The van der Waals surface area contributed by atoms with Crippen LogP contribution >= 0.6 is 11.6 Å². The van der Waals surface area contributed by atoms with Crippen LogP contribution in [0.4, 0.5) is 11.4 Å². The van der Waals surface area contributed by atoms with Crippen molar-refractivity contribution < 1.29 is 19.1 Å². The number of ether oxygens (including phenoxy) is 2. The number of carbonyl (C=O) groups is 2. The molecule has 1 aliphatic heterocycles. The van der Waals surface area contributed by atoms with Gasteiger partial charge >= 0.3 is 0 Å². The van der Waals surface area contributed by atoms with Gasteiger partial charge < -0.3 is 14.8 Å². The van der Waals surface area contributed by atoms with Crippen LogP contribution in [0.1, 0.15) is 16.7 Å². The van der Waals surface area contributed by atoms with Crippen LogP contribution in [0.15, 0.2) is 66.4 Å². The maximum Gasteiger partial charge on any atom is 0.282 e. The fourth-order valence-electron chi connectivity index (χ4n) is 3.65. The molecule has 1 aliphatic rings. The lowest BCUT2D eigenvalue weighted by molar-refractivity contribution is -0.120. The van der Waals surface area contributed by atoms with Gasteiger partial charge in [-0.2, -0.15) is 0 Å². The number of carbonyl (C=O) groups excluding carboxylic acids is 2. The minimum atomic E-state index is -0.473. The molecule has 0 radical (unpaired) electrons. The smallest absolute Gasteiger partial charge is 0.282 e. The quantitative estimate of drug-likeness (QED) is 0.499. The zero-order valence-electron chi connectivity index (χ0n) is 18.7. The van der Waals surface area contributed by atoms with Crippen molar-refractivity contribution >= 4 is 40.4 Å². The van der Waals surface area contributed by atoms with Crippen LogP contribution in [0.25, 0.3) is 5.57 Å². The Bertz CT molecular complexity index is 1280. The highest BCUT2D eigenvalue weighted by Gasteiger charge is 2.40.